The van der Waals surface area contributed by atoms with Crippen molar-refractivity contribution >= 4 is 142 Å². The number of amides is 4. The molecule has 11 aromatic rings. The van der Waals surface area contributed by atoms with E-state index in [2.05, 4.69) is 108 Å². The molecule has 8 nitrogen and oxygen atoms in total. The summed E-state index contributed by atoms with van der Waals surface area (Å²) in [7, 11) is 0. The number of imide groups is 2. The first-order chi connectivity index (χ1) is 51.0. The Hall–Kier alpha value is -6.88. The van der Waals surface area contributed by atoms with E-state index in [9.17, 15) is 0 Å². The smallest absolute Gasteiger partial charge is 0.262 e. The van der Waals surface area contributed by atoms with Crippen molar-refractivity contribution in [3.63, 3.8) is 0 Å². The lowest BCUT2D eigenvalue weighted by molar-refractivity contribution is 0.0562. The van der Waals surface area contributed by atoms with Gasteiger partial charge in [-0.2, -0.15) is 0 Å². The van der Waals surface area contributed by atoms with Crippen LogP contribution < -0.4 is 0 Å². The Morgan fingerprint density at radius 1 is 0.308 bits per heavy atom. The zero-order valence-corrected chi connectivity index (χ0v) is 65.8. The molecule has 0 fully saturated rings. The molecule has 0 N–H and O–H groups in total. The molecule has 7 aromatic carbocycles. The Morgan fingerprint density at radius 2 is 0.625 bits per heavy atom. The van der Waals surface area contributed by atoms with Gasteiger partial charge >= 0.3 is 0 Å². The molecule has 0 spiro atoms. The van der Waals surface area contributed by atoms with Gasteiger partial charge in [-0.1, -0.05) is 295 Å². The summed E-state index contributed by atoms with van der Waals surface area (Å²) in [5.74, 6) is -0.638. The number of thiophene rings is 2. The minimum absolute atomic E-state index is 0.190. The van der Waals surface area contributed by atoms with Crippen LogP contribution in [0.5, 0.6) is 0 Å². The number of hydrogen-bond acceptors (Lipinski definition) is 8. The Bertz CT molecular complexity index is 4820. The van der Waals surface area contributed by atoms with Crippen molar-refractivity contribution in [1.29, 1.82) is 0 Å². The van der Waals surface area contributed by atoms with E-state index in [1.165, 1.54) is 247 Å². The lowest BCUT2D eigenvalue weighted by atomic mass is 9.82. The number of carbonyl (C=O) groups excluding carboxylic acids is 4. The maximum absolute atomic E-state index is 16.0. The van der Waals surface area contributed by atoms with Crippen molar-refractivity contribution in [3.05, 3.63) is 118 Å². The molecule has 2 aliphatic rings. The van der Waals surface area contributed by atoms with E-state index in [0.29, 0.717) is 57.1 Å². The lowest BCUT2D eigenvalue weighted by Crippen LogP contribution is -2.43. The summed E-state index contributed by atoms with van der Waals surface area (Å²) in [5, 5.41) is 14.1. The summed E-state index contributed by atoms with van der Waals surface area (Å²) < 4.78 is 2.43. The molecule has 2 unspecified atom stereocenters. The number of rotatable bonds is 45. The second kappa shape index (κ2) is 36.1. The van der Waals surface area contributed by atoms with Crippen LogP contribution in [-0.4, -0.2) is 56.5 Å². The fourth-order valence-electron chi connectivity index (χ4n) is 18.4. The molecule has 0 aliphatic carbocycles. The summed E-state index contributed by atoms with van der Waals surface area (Å²) in [6.45, 7) is 14.1. The van der Waals surface area contributed by atoms with E-state index < -0.39 is 0 Å². The van der Waals surface area contributed by atoms with Crippen LogP contribution in [0.3, 0.4) is 0 Å². The molecule has 4 amide bonds. The topological polar surface area (TPSA) is 101 Å². The number of aromatic nitrogens is 2. The van der Waals surface area contributed by atoms with Gasteiger partial charge in [0.15, 0.2) is 0 Å². The van der Waals surface area contributed by atoms with E-state index in [4.69, 9.17) is 9.97 Å². The zero-order chi connectivity index (χ0) is 72.1. The minimum atomic E-state index is -0.279. The number of unbranched alkanes of at least 4 members (excludes halogenated alkanes) is 32. The summed E-state index contributed by atoms with van der Waals surface area (Å²) in [6.07, 6.45) is 52.7. The van der Waals surface area contributed by atoms with Gasteiger partial charge in [-0.05, 0) is 126 Å². The Labute approximate surface area is 628 Å². The van der Waals surface area contributed by atoms with Gasteiger partial charge in [0.05, 0.1) is 22.2 Å². The number of pyridine rings is 2. The molecule has 0 saturated heterocycles. The van der Waals surface area contributed by atoms with Gasteiger partial charge in [0.2, 0.25) is 0 Å². The molecule has 0 saturated carbocycles. The highest BCUT2D eigenvalue weighted by molar-refractivity contribution is 7.22. The van der Waals surface area contributed by atoms with Crippen molar-refractivity contribution in [2.75, 3.05) is 13.1 Å². The molecule has 4 aromatic heterocycles. The summed E-state index contributed by atoms with van der Waals surface area (Å²) in [6, 6.07) is 27.0. The first-order valence-electron chi connectivity index (χ1n) is 41.9. The van der Waals surface area contributed by atoms with Crippen molar-refractivity contribution in [2.24, 2.45) is 11.8 Å². The van der Waals surface area contributed by atoms with Gasteiger partial charge in [0, 0.05) is 104 Å². The number of carbonyl (C=O) groups is 4. The van der Waals surface area contributed by atoms with E-state index in [0.717, 1.165) is 104 Å². The number of benzene rings is 7. The van der Waals surface area contributed by atoms with Gasteiger partial charge in [-0.3, -0.25) is 38.9 Å². The number of nitrogens with zero attached hydrogens (tertiary/aromatic N) is 4. The SMILES string of the molecule is CCCCCCCCCCCCC(CCCCCCCCCC)CN1C(=O)c2cnc3c4c(-c5cc6c(ccc7c6ccc6c8ccc9sc(C)cc9c8ccc76)s5)cc5c6c(cnc(c7c(C)cc(c2c37)C1=O)c64)C(=O)N(CC(CCCCCCCCCC)CCCCCCCCCCCC)C5=O. The molecular weight excluding hydrogens is 1310 g/mol. The third-order valence-electron chi connectivity index (χ3n) is 24.2. The van der Waals surface area contributed by atoms with Crippen molar-refractivity contribution in [3.8, 4) is 10.4 Å². The van der Waals surface area contributed by atoms with Crippen LogP contribution in [0.4, 0.5) is 0 Å². The fourth-order valence-corrected chi connectivity index (χ4v) is 20.5. The van der Waals surface area contributed by atoms with Gasteiger partial charge in [-0.15, -0.1) is 22.7 Å². The first-order valence-corrected chi connectivity index (χ1v) is 43.6. The van der Waals surface area contributed by atoms with Crippen LogP contribution in [0.1, 0.15) is 336 Å². The Balaban J connectivity index is 0.877. The fraction of sp³-hybridized carbons (Fsp3) is 0.532. The van der Waals surface area contributed by atoms with Crippen LogP contribution in [-0.2, 0) is 0 Å². The van der Waals surface area contributed by atoms with Gasteiger partial charge in [-0.25, -0.2) is 0 Å². The molecular formula is C94H118N4O4S2. The molecule has 6 heterocycles. The highest BCUT2D eigenvalue weighted by Gasteiger charge is 2.40. The maximum atomic E-state index is 16.0. The summed E-state index contributed by atoms with van der Waals surface area (Å²) in [4.78, 5) is 79.1. The third kappa shape index (κ3) is 16.3. The van der Waals surface area contributed by atoms with E-state index in [-0.39, 0.29) is 35.5 Å². The number of fused-ring (bicyclic) bond motifs is 11. The minimum Gasteiger partial charge on any atom is -0.274 e. The number of hydrogen-bond donors (Lipinski definition) is 0. The number of aryl methyl sites for hydroxylation is 2. The van der Waals surface area contributed by atoms with Crippen molar-refractivity contribution in [2.45, 2.75) is 298 Å². The summed E-state index contributed by atoms with van der Waals surface area (Å²) >= 11 is 3.56. The first kappa shape index (κ1) is 75.4. The molecule has 0 bridgehead atoms. The van der Waals surface area contributed by atoms with Crippen molar-refractivity contribution < 1.29 is 19.2 Å². The second-order valence-corrected chi connectivity index (χ2v) is 34.4. The van der Waals surface area contributed by atoms with Gasteiger partial charge in [0.25, 0.3) is 23.6 Å². The predicted molar refractivity (Wildman–Crippen MR) is 447 cm³/mol. The monoisotopic (exact) mass is 1430 g/mol. The third-order valence-corrected chi connectivity index (χ3v) is 26.4. The van der Waals surface area contributed by atoms with Crippen LogP contribution in [0.15, 0.2) is 85.2 Å². The summed E-state index contributed by atoms with van der Waals surface area (Å²) in [5.41, 5.74) is 4.94. The molecule has 550 valence electrons. The quantitative estimate of drug-likeness (QED) is 0.0163. The highest BCUT2D eigenvalue weighted by atomic mass is 32.1. The van der Waals surface area contributed by atoms with Crippen LogP contribution in [0.25, 0.3) is 106 Å². The average molecular weight is 1430 g/mol. The second-order valence-electron chi connectivity index (χ2n) is 32.0. The normalized spacial score (nSPS) is 14.1. The van der Waals surface area contributed by atoms with Gasteiger partial charge in [0.1, 0.15) is 0 Å². The van der Waals surface area contributed by atoms with Crippen LogP contribution >= 0.6 is 22.7 Å². The van der Waals surface area contributed by atoms with E-state index in [1.807, 2.05) is 17.4 Å². The maximum Gasteiger partial charge on any atom is 0.262 e. The Kier molecular flexibility index (Phi) is 26.2. The largest absolute Gasteiger partial charge is 0.274 e. The molecule has 10 heteroatoms. The van der Waals surface area contributed by atoms with Crippen LogP contribution in [0.2, 0.25) is 0 Å². The van der Waals surface area contributed by atoms with Crippen molar-refractivity contribution in [1.82, 2.24) is 19.8 Å². The Morgan fingerprint density at radius 3 is 1.03 bits per heavy atom. The molecule has 2 aliphatic heterocycles. The van der Waals surface area contributed by atoms with Gasteiger partial charge < -0.3 is 0 Å². The molecule has 13 rings (SSSR count). The lowest BCUT2D eigenvalue weighted by Gasteiger charge is -2.33. The molecule has 2 atom stereocenters. The predicted octanol–water partition coefficient (Wildman–Crippen LogP) is 28.8. The highest BCUT2D eigenvalue weighted by Crippen LogP contribution is 2.52. The van der Waals surface area contributed by atoms with E-state index >= 15 is 19.2 Å². The zero-order valence-electron chi connectivity index (χ0n) is 64.2. The molecule has 0 radical (unpaired) electrons. The molecule has 104 heavy (non-hydrogen) atoms. The standard InChI is InChI=1S/C94H118N4O4S2/c1-7-11-15-19-23-27-29-33-37-41-44-65(43-39-35-31-25-21-17-13-9-3)61-97-91(99)76-55-63(5)83-87-84(76)78(93(97)101)60-96-90(87)86-75(82-58-74-72-50-48-67-68(70(72)52-54-81(74)104-82)47-49-71-69(67)51-53-80-73(71)56-64(6)103-80)57-77-85-79(59-95-89(83)88(85)86)94(102)98(92(77)100)62-66(45-40-36-32-26-22-18-14-10-4)46-42-38-34-30-28-24-20-16-12-8-2/h47-60,65-66H,7-46,61-62H2,1-6H3. The van der Waals surface area contributed by atoms with E-state index in [1.54, 1.807) is 33.5 Å². The van der Waals surface area contributed by atoms with Crippen LogP contribution in [0, 0.1) is 25.7 Å². The average Bonchev–Trinajstić information content (AvgIpc) is 0.834.